The number of carboxylic acid groups (broad SMARTS) is 1. The molecule has 3 amide bonds. The van der Waals surface area contributed by atoms with Crippen molar-refractivity contribution in [2.24, 2.45) is 0 Å². The molecule has 2 aliphatic rings. The molecule has 0 spiro atoms. The van der Waals surface area contributed by atoms with Crippen LogP contribution in [0.1, 0.15) is 35.9 Å². The first kappa shape index (κ1) is 30.4. The summed E-state index contributed by atoms with van der Waals surface area (Å²) in [4.78, 5) is 60.1. The van der Waals surface area contributed by atoms with Crippen LogP contribution in [0.3, 0.4) is 0 Å². The highest BCUT2D eigenvalue weighted by atomic mass is 32.2. The lowest BCUT2D eigenvalue weighted by Crippen LogP contribution is -2.70. The second-order valence-electron chi connectivity index (χ2n) is 10.5. The number of nitrogens with zero attached hydrogens (tertiary/aromatic N) is 5. The van der Waals surface area contributed by atoms with Gasteiger partial charge in [0.25, 0.3) is 11.8 Å². The maximum atomic E-state index is 13.2. The lowest BCUT2D eigenvalue weighted by atomic mass is 10.0. The number of amides is 3. The van der Waals surface area contributed by atoms with Crippen molar-refractivity contribution in [3.05, 3.63) is 77.4 Å². The molecule has 0 aliphatic carbocycles. The first-order valence-corrected chi connectivity index (χ1v) is 16.4. The first-order valence-electron chi connectivity index (χ1n) is 14.4. The van der Waals surface area contributed by atoms with E-state index in [9.17, 15) is 24.3 Å². The number of nitrogens with one attached hydrogen (secondary N) is 3. The number of thioether (sulfide) groups is 2. The lowest BCUT2D eigenvalue weighted by Gasteiger charge is -2.49. The maximum Gasteiger partial charge on any atom is 0.352 e. The van der Waals surface area contributed by atoms with E-state index >= 15 is 0 Å². The molecule has 0 radical (unpaired) electrons. The number of anilines is 1. The average molecular weight is 647 g/mol. The Hall–Kier alpha value is -4.63. The summed E-state index contributed by atoms with van der Waals surface area (Å²) in [6, 6.07) is 13.3. The van der Waals surface area contributed by atoms with Gasteiger partial charge in [-0.1, -0.05) is 48.9 Å². The fraction of sp³-hybridized carbons (Fsp3) is 0.300. The van der Waals surface area contributed by atoms with Crippen molar-refractivity contribution in [2.45, 2.75) is 49.2 Å². The van der Waals surface area contributed by atoms with Gasteiger partial charge in [-0.2, -0.15) is 0 Å². The van der Waals surface area contributed by atoms with Crippen molar-refractivity contribution in [1.82, 2.24) is 35.2 Å². The second kappa shape index (κ2) is 13.2. The first-order chi connectivity index (χ1) is 21.8. The van der Waals surface area contributed by atoms with E-state index < -0.39 is 35.1 Å². The number of carbonyl (C=O) groups is 4. The predicted molar refractivity (Wildman–Crippen MR) is 170 cm³/mol. The smallest absolute Gasteiger partial charge is 0.352 e. The second-order valence-corrected chi connectivity index (χ2v) is 12.6. The van der Waals surface area contributed by atoms with Gasteiger partial charge in [0, 0.05) is 23.7 Å². The number of H-pyrrole nitrogens is 1. The summed E-state index contributed by atoms with van der Waals surface area (Å²) in [6.07, 6.45) is 3.53. The van der Waals surface area contributed by atoms with Gasteiger partial charge in [-0.15, -0.1) is 28.6 Å². The number of imidazole rings is 1. The summed E-state index contributed by atoms with van der Waals surface area (Å²) in [5, 5.41) is 24.0. The molecule has 1 saturated heterocycles. The van der Waals surface area contributed by atoms with E-state index in [1.54, 1.807) is 41.2 Å². The summed E-state index contributed by atoms with van der Waals surface area (Å²) in [5.74, 6) is -1.60. The summed E-state index contributed by atoms with van der Waals surface area (Å²) < 4.78 is 1.80. The molecule has 4 aromatic rings. The van der Waals surface area contributed by atoms with Crippen LogP contribution >= 0.6 is 23.5 Å². The van der Waals surface area contributed by atoms with Gasteiger partial charge < -0.3 is 20.7 Å². The number of fused-ring (bicyclic) bond motifs is 2. The number of rotatable bonds is 12. The molecule has 13 nitrogen and oxygen atoms in total. The SMILES string of the molecule is CCCCn1nncc1SCC1=C(C(=O)O)N2C(=O)C(NC(=O)Cc3ccccc3NC(=O)c3nc4ccccc4[nH]3)[C@H]2SC1. The zero-order valence-electron chi connectivity index (χ0n) is 24.2. The third kappa shape index (κ3) is 6.31. The summed E-state index contributed by atoms with van der Waals surface area (Å²) in [6.45, 7) is 2.82. The Balaban J connectivity index is 1.09. The van der Waals surface area contributed by atoms with Crippen molar-refractivity contribution in [3.63, 3.8) is 0 Å². The van der Waals surface area contributed by atoms with Gasteiger partial charge in [-0.3, -0.25) is 19.3 Å². The zero-order valence-corrected chi connectivity index (χ0v) is 25.9. The minimum absolute atomic E-state index is 0.0343. The Kier molecular flexibility index (Phi) is 8.89. The number of carbonyl (C=O) groups excluding carboxylic acids is 3. The average Bonchev–Trinajstić information content (AvgIpc) is 3.69. The third-order valence-corrected chi connectivity index (χ3v) is 9.93. The highest BCUT2D eigenvalue weighted by molar-refractivity contribution is 8.01. The van der Waals surface area contributed by atoms with E-state index in [0.29, 0.717) is 33.8 Å². The van der Waals surface area contributed by atoms with Crippen LogP contribution in [0.15, 0.2) is 71.0 Å². The van der Waals surface area contributed by atoms with Gasteiger partial charge in [0.2, 0.25) is 5.91 Å². The number of aromatic amines is 1. The molecule has 0 bridgehead atoms. The molecule has 4 N–H and O–H groups in total. The largest absolute Gasteiger partial charge is 0.477 e. The van der Waals surface area contributed by atoms with E-state index in [1.807, 2.05) is 18.2 Å². The Morgan fingerprint density at radius 2 is 1.96 bits per heavy atom. The minimum atomic E-state index is -1.18. The van der Waals surface area contributed by atoms with Crippen molar-refractivity contribution < 1.29 is 24.3 Å². The van der Waals surface area contributed by atoms with E-state index in [4.69, 9.17) is 0 Å². The highest BCUT2D eigenvalue weighted by Gasteiger charge is 2.54. The minimum Gasteiger partial charge on any atom is -0.477 e. The van der Waals surface area contributed by atoms with E-state index in [0.717, 1.165) is 29.9 Å². The number of benzene rings is 2. The molecule has 232 valence electrons. The van der Waals surface area contributed by atoms with Crippen molar-refractivity contribution in [1.29, 1.82) is 0 Å². The number of para-hydroxylation sites is 3. The fourth-order valence-electron chi connectivity index (χ4n) is 5.21. The number of hydrogen-bond donors (Lipinski definition) is 4. The van der Waals surface area contributed by atoms with Gasteiger partial charge in [0.1, 0.15) is 22.1 Å². The third-order valence-electron chi connectivity index (χ3n) is 7.49. The van der Waals surface area contributed by atoms with Crippen LogP contribution in [0, 0.1) is 0 Å². The van der Waals surface area contributed by atoms with Gasteiger partial charge in [-0.05, 0) is 35.8 Å². The Morgan fingerprint density at radius 3 is 2.76 bits per heavy atom. The normalized spacial score (nSPS) is 17.6. The number of carboxylic acids is 1. The van der Waals surface area contributed by atoms with Gasteiger partial charge >= 0.3 is 5.97 Å². The van der Waals surface area contributed by atoms with Crippen molar-refractivity contribution in [2.75, 3.05) is 16.8 Å². The lowest BCUT2D eigenvalue weighted by molar-refractivity contribution is -0.150. The molecule has 2 aromatic carbocycles. The Bertz CT molecular complexity index is 1790. The summed E-state index contributed by atoms with van der Waals surface area (Å²) >= 11 is 2.86. The number of hydrogen-bond acceptors (Lipinski definition) is 9. The van der Waals surface area contributed by atoms with E-state index in [2.05, 4.69) is 37.8 Å². The molecule has 1 unspecified atom stereocenters. The molecule has 2 aromatic heterocycles. The molecule has 4 heterocycles. The molecular weight excluding hydrogens is 617 g/mol. The van der Waals surface area contributed by atoms with Crippen LogP contribution in [-0.2, 0) is 27.3 Å². The van der Waals surface area contributed by atoms with Crippen molar-refractivity contribution in [3.8, 4) is 0 Å². The standard InChI is InChI=1S/C30H30N8O5S2/c1-2-3-12-37-23(14-31-36-37)44-15-18-16-45-29-24(28(41)38(29)25(18)30(42)43)35-22(39)13-17-8-4-5-9-19(17)34-27(40)26-32-20-10-6-7-11-21(20)33-26/h4-11,14,24,29H,2-3,12-13,15-16H2,1H3,(H,32,33)(H,34,40)(H,35,39)(H,42,43)/t24?,29-/m1/s1. The van der Waals surface area contributed by atoms with Crippen LogP contribution < -0.4 is 10.6 Å². The van der Waals surface area contributed by atoms with E-state index in [-0.39, 0.29) is 17.9 Å². The number of aliphatic carboxylic acids is 1. The Morgan fingerprint density at radius 1 is 1.16 bits per heavy atom. The maximum absolute atomic E-state index is 13.2. The molecule has 45 heavy (non-hydrogen) atoms. The van der Waals surface area contributed by atoms with Crippen LogP contribution in [0.25, 0.3) is 11.0 Å². The van der Waals surface area contributed by atoms with Gasteiger partial charge in [0.15, 0.2) is 5.82 Å². The van der Waals surface area contributed by atoms with Crippen LogP contribution in [0.4, 0.5) is 5.69 Å². The number of aryl methyl sites for hydroxylation is 1. The number of aromatic nitrogens is 5. The monoisotopic (exact) mass is 646 g/mol. The van der Waals surface area contributed by atoms with Gasteiger partial charge in [0.05, 0.1) is 23.7 Å². The molecular formula is C30H30N8O5S2. The topological polar surface area (TPSA) is 175 Å². The number of unbranched alkanes of at least 4 members (excludes halogenated alkanes) is 1. The van der Waals surface area contributed by atoms with Crippen molar-refractivity contribution >= 4 is 63.9 Å². The predicted octanol–water partition coefficient (Wildman–Crippen LogP) is 3.28. The Labute approximate surface area is 266 Å². The molecule has 2 atom stereocenters. The quantitative estimate of drug-likeness (QED) is 0.132. The summed E-state index contributed by atoms with van der Waals surface area (Å²) in [5.41, 5.74) is 2.98. The van der Waals surface area contributed by atoms with Crippen LogP contribution in [-0.4, -0.2) is 81.6 Å². The molecule has 6 rings (SSSR count). The molecule has 0 saturated carbocycles. The van der Waals surface area contributed by atoms with Crippen LogP contribution in [0.2, 0.25) is 0 Å². The summed E-state index contributed by atoms with van der Waals surface area (Å²) in [7, 11) is 0. The zero-order chi connectivity index (χ0) is 31.5. The number of β-lactam (4-membered cyclic amide) rings is 1. The molecule has 2 aliphatic heterocycles. The van der Waals surface area contributed by atoms with Crippen LogP contribution in [0.5, 0.6) is 0 Å². The molecule has 15 heteroatoms. The highest BCUT2D eigenvalue weighted by Crippen LogP contribution is 2.41. The van der Waals surface area contributed by atoms with Gasteiger partial charge in [-0.25, -0.2) is 14.5 Å². The van der Waals surface area contributed by atoms with E-state index in [1.165, 1.54) is 28.4 Å². The molecule has 1 fully saturated rings. The fourth-order valence-corrected chi connectivity index (χ4v) is 7.65.